The summed E-state index contributed by atoms with van der Waals surface area (Å²) >= 11 is 0. The SMILES string of the molecule is CN(C)c1ccccc1Pc1cc([Si](C)(C)C)ccc1OCc1ccccc1. The monoisotopic (exact) mass is 407 g/mol. The average Bonchev–Trinajstić information content (AvgIpc) is 2.67. The number of hydrogen-bond acceptors (Lipinski definition) is 2. The van der Waals surface area contributed by atoms with E-state index < -0.39 is 8.07 Å². The van der Waals surface area contributed by atoms with Crippen molar-refractivity contribution in [2.75, 3.05) is 19.0 Å². The standard InChI is InChI=1S/C24H30NOPSi/c1-25(2)21-13-9-10-14-23(21)27-24-17-20(28(3,4)5)15-16-22(24)26-18-19-11-7-6-8-12-19/h6-17,27H,18H2,1-5H3. The van der Waals surface area contributed by atoms with Crippen molar-refractivity contribution < 1.29 is 4.74 Å². The molecular weight excluding hydrogens is 377 g/mol. The fourth-order valence-electron chi connectivity index (χ4n) is 3.07. The second-order valence-corrected chi connectivity index (χ2v) is 14.7. The normalized spacial score (nSPS) is 11.8. The Morgan fingerprint density at radius 3 is 2.18 bits per heavy atom. The molecule has 0 saturated carbocycles. The van der Waals surface area contributed by atoms with E-state index in [1.165, 1.54) is 27.0 Å². The van der Waals surface area contributed by atoms with Gasteiger partial charge in [-0.1, -0.05) is 94.1 Å². The molecule has 0 aliphatic carbocycles. The van der Waals surface area contributed by atoms with Crippen molar-refractivity contribution in [1.29, 1.82) is 0 Å². The van der Waals surface area contributed by atoms with E-state index in [0.29, 0.717) is 15.2 Å². The van der Waals surface area contributed by atoms with Crippen molar-refractivity contribution >= 4 is 38.1 Å². The summed E-state index contributed by atoms with van der Waals surface area (Å²) < 4.78 is 6.27. The Labute approximate surface area is 172 Å². The number of benzene rings is 3. The molecule has 2 nitrogen and oxygen atoms in total. The smallest absolute Gasteiger partial charge is 0.127 e. The van der Waals surface area contributed by atoms with Gasteiger partial charge in [-0.2, -0.15) is 0 Å². The fraction of sp³-hybridized carbons (Fsp3) is 0.250. The second kappa shape index (κ2) is 8.94. The lowest BCUT2D eigenvalue weighted by molar-refractivity contribution is 0.309. The topological polar surface area (TPSA) is 12.5 Å². The quantitative estimate of drug-likeness (QED) is 0.422. The van der Waals surface area contributed by atoms with E-state index in [4.69, 9.17) is 4.74 Å². The van der Waals surface area contributed by atoms with E-state index >= 15 is 0 Å². The first kappa shape index (κ1) is 20.6. The van der Waals surface area contributed by atoms with E-state index in [9.17, 15) is 0 Å². The Balaban J connectivity index is 1.94. The van der Waals surface area contributed by atoms with Crippen LogP contribution in [0, 0.1) is 0 Å². The zero-order chi connectivity index (χ0) is 20.1. The fourth-order valence-corrected chi connectivity index (χ4v) is 5.79. The molecule has 0 radical (unpaired) electrons. The van der Waals surface area contributed by atoms with Gasteiger partial charge in [0.1, 0.15) is 12.4 Å². The van der Waals surface area contributed by atoms with Gasteiger partial charge in [-0.25, -0.2) is 0 Å². The van der Waals surface area contributed by atoms with Gasteiger partial charge in [0.05, 0.1) is 8.07 Å². The molecule has 0 amide bonds. The van der Waals surface area contributed by atoms with E-state index in [1.54, 1.807) is 0 Å². The van der Waals surface area contributed by atoms with Crippen molar-refractivity contribution in [3.8, 4) is 5.75 Å². The first-order valence-electron chi connectivity index (χ1n) is 9.69. The minimum Gasteiger partial charge on any atom is -0.488 e. The predicted molar refractivity (Wildman–Crippen MR) is 129 cm³/mol. The number of anilines is 1. The van der Waals surface area contributed by atoms with Gasteiger partial charge in [0, 0.05) is 30.4 Å². The summed E-state index contributed by atoms with van der Waals surface area (Å²) in [6.45, 7) is 7.79. The molecule has 4 heteroatoms. The Morgan fingerprint density at radius 1 is 0.821 bits per heavy atom. The van der Waals surface area contributed by atoms with E-state index in [-0.39, 0.29) is 0 Å². The Morgan fingerprint density at radius 2 is 1.50 bits per heavy atom. The highest BCUT2D eigenvalue weighted by Crippen LogP contribution is 2.24. The largest absolute Gasteiger partial charge is 0.488 e. The summed E-state index contributed by atoms with van der Waals surface area (Å²) in [5.41, 5.74) is 2.47. The van der Waals surface area contributed by atoms with Crippen LogP contribution in [0.3, 0.4) is 0 Å². The highest BCUT2D eigenvalue weighted by atomic mass is 31.1. The minimum absolute atomic E-state index is 0.566. The van der Waals surface area contributed by atoms with Crippen LogP contribution >= 0.6 is 8.58 Å². The molecule has 0 fully saturated rings. The van der Waals surface area contributed by atoms with E-state index in [2.05, 4.69) is 105 Å². The Bertz CT molecular complexity index is 919. The number of nitrogens with zero attached hydrogens (tertiary/aromatic N) is 1. The molecule has 3 aromatic rings. The molecule has 3 aromatic carbocycles. The average molecular weight is 408 g/mol. The molecule has 0 bridgehead atoms. The summed E-state index contributed by atoms with van der Waals surface area (Å²) in [4.78, 5) is 2.19. The van der Waals surface area contributed by atoms with Crippen LogP contribution in [0.5, 0.6) is 5.75 Å². The van der Waals surface area contributed by atoms with Crippen molar-refractivity contribution in [2.45, 2.75) is 26.2 Å². The first-order valence-corrected chi connectivity index (χ1v) is 14.2. The lowest BCUT2D eigenvalue weighted by Crippen LogP contribution is -2.39. The Kier molecular flexibility index (Phi) is 6.59. The van der Waals surface area contributed by atoms with Gasteiger partial charge in [0.25, 0.3) is 0 Å². The zero-order valence-electron chi connectivity index (χ0n) is 17.5. The lowest BCUT2D eigenvalue weighted by atomic mass is 10.2. The van der Waals surface area contributed by atoms with Crippen LogP contribution in [0.25, 0.3) is 0 Å². The third kappa shape index (κ3) is 5.24. The van der Waals surface area contributed by atoms with Crippen LogP contribution in [0.15, 0.2) is 72.8 Å². The highest BCUT2D eigenvalue weighted by Gasteiger charge is 2.19. The van der Waals surface area contributed by atoms with Gasteiger partial charge >= 0.3 is 0 Å². The molecule has 0 aliphatic rings. The van der Waals surface area contributed by atoms with Crippen molar-refractivity contribution in [3.63, 3.8) is 0 Å². The maximum atomic E-state index is 6.27. The van der Waals surface area contributed by atoms with Gasteiger partial charge < -0.3 is 9.64 Å². The van der Waals surface area contributed by atoms with E-state index in [0.717, 1.165) is 5.75 Å². The molecule has 0 heterocycles. The molecule has 1 unspecified atom stereocenters. The molecule has 0 aliphatic heterocycles. The predicted octanol–water partition coefficient (Wildman–Crippen LogP) is 4.51. The summed E-state index contributed by atoms with van der Waals surface area (Å²) in [5, 5.41) is 4.12. The minimum atomic E-state index is -1.39. The van der Waals surface area contributed by atoms with Crippen LogP contribution in [-0.4, -0.2) is 22.2 Å². The maximum absolute atomic E-state index is 6.27. The molecule has 3 rings (SSSR count). The molecule has 0 saturated heterocycles. The molecule has 0 N–H and O–H groups in total. The van der Waals surface area contributed by atoms with E-state index in [1.807, 2.05) is 6.07 Å². The van der Waals surface area contributed by atoms with Gasteiger partial charge in [0.15, 0.2) is 0 Å². The molecule has 0 aromatic heterocycles. The second-order valence-electron chi connectivity index (χ2n) is 8.27. The summed E-state index contributed by atoms with van der Waals surface area (Å²) in [6.07, 6.45) is 0. The zero-order valence-corrected chi connectivity index (χ0v) is 19.5. The molecule has 0 spiro atoms. The lowest BCUT2D eigenvalue weighted by Gasteiger charge is -2.22. The van der Waals surface area contributed by atoms with Crippen molar-refractivity contribution in [1.82, 2.24) is 0 Å². The van der Waals surface area contributed by atoms with Gasteiger partial charge in [-0.3, -0.25) is 0 Å². The van der Waals surface area contributed by atoms with Crippen LogP contribution in [-0.2, 0) is 6.61 Å². The first-order chi connectivity index (χ1) is 13.3. The molecule has 146 valence electrons. The van der Waals surface area contributed by atoms with Crippen LogP contribution < -0.4 is 25.4 Å². The van der Waals surface area contributed by atoms with Crippen LogP contribution in [0.2, 0.25) is 19.6 Å². The number of rotatable bonds is 7. The highest BCUT2D eigenvalue weighted by molar-refractivity contribution is 7.56. The summed E-state index contributed by atoms with van der Waals surface area (Å²) in [7, 11) is 3.39. The van der Waals surface area contributed by atoms with Crippen LogP contribution in [0.4, 0.5) is 5.69 Å². The number of ether oxygens (including phenoxy) is 1. The summed E-state index contributed by atoms with van der Waals surface area (Å²) in [5.74, 6) is 0.998. The molecular formula is C24H30NOPSi. The maximum Gasteiger partial charge on any atom is 0.127 e. The van der Waals surface area contributed by atoms with Gasteiger partial charge in [-0.15, -0.1) is 0 Å². The Hall–Kier alpha value is -2.09. The van der Waals surface area contributed by atoms with Crippen LogP contribution in [0.1, 0.15) is 5.56 Å². The van der Waals surface area contributed by atoms with Crippen molar-refractivity contribution in [3.05, 3.63) is 78.4 Å². The molecule has 1 atom stereocenters. The third-order valence-corrected chi connectivity index (χ3v) is 8.13. The number of para-hydroxylation sites is 1. The summed E-state index contributed by atoms with van der Waals surface area (Å²) in [6, 6.07) is 25.9. The number of hydrogen-bond donors (Lipinski definition) is 0. The van der Waals surface area contributed by atoms with Gasteiger partial charge in [0.2, 0.25) is 0 Å². The third-order valence-electron chi connectivity index (χ3n) is 4.74. The van der Waals surface area contributed by atoms with Crippen molar-refractivity contribution in [2.24, 2.45) is 0 Å². The van der Waals surface area contributed by atoms with Gasteiger partial charge in [-0.05, 0) is 17.7 Å². The molecule has 28 heavy (non-hydrogen) atoms.